The van der Waals surface area contributed by atoms with Crippen LogP contribution in [0.2, 0.25) is 0 Å². The molecule has 0 unspecified atom stereocenters. The van der Waals surface area contributed by atoms with Crippen molar-refractivity contribution in [1.82, 2.24) is 19.5 Å². The quantitative estimate of drug-likeness (QED) is 0.391. The van der Waals surface area contributed by atoms with Crippen molar-refractivity contribution in [2.24, 2.45) is 0 Å². The lowest BCUT2D eigenvalue weighted by molar-refractivity contribution is -0.132. The van der Waals surface area contributed by atoms with Gasteiger partial charge in [0.2, 0.25) is 5.75 Å². The third-order valence-corrected chi connectivity index (χ3v) is 5.09. The molecule has 0 radical (unpaired) electrons. The van der Waals surface area contributed by atoms with Gasteiger partial charge in [0.25, 0.3) is 5.91 Å². The lowest BCUT2D eigenvalue weighted by atomic mass is 10.1. The average molecular weight is 446 g/mol. The normalized spacial score (nSPS) is 22.7. The van der Waals surface area contributed by atoms with Gasteiger partial charge in [0.15, 0.2) is 35.3 Å². The summed E-state index contributed by atoms with van der Waals surface area (Å²) in [5.74, 6) is 0.476. The van der Waals surface area contributed by atoms with Crippen LogP contribution in [0.5, 0.6) is 17.2 Å². The monoisotopic (exact) mass is 446 g/mol. The zero-order chi connectivity index (χ0) is 23.0. The minimum atomic E-state index is -1.52. The minimum Gasteiger partial charge on any atom is -0.493 e. The Bertz CT molecular complexity index is 1130. The zero-order valence-corrected chi connectivity index (χ0v) is 17.4. The van der Waals surface area contributed by atoms with Gasteiger partial charge in [-0.3, -0.25) is 9.36 Å². The van der Waals surface area contributed by atoms with Crippen LogP contribution in [0.15, 0.2) is 24.8 Å². The summed E-state index contributed by atoms with van der Waals surface area (Å²) in [6, 6.07) is 3.05. The first-order chi connectivity index (χ1) is 15.4. The van der Waals surface area contributed by atoms with E-state index < -0.39 is 30.4 Å². The number of rotatable bonds is 6. The average Bonchev–Trinajstić information content (AvgIpc) is 3.35. The van der Waals surface area contributed by atoms with Crippen molar-refractivity contribution in [2.75, 3.05) is 32.4 Å². The number of benzene rings is 1. The van der Waals surface area contributed by atoms with Crippen LogP contribution in [0.25, 0.3) is 11.2 Å². The second-order valence-electron chi connectivity index (χ2n) is 6.91. The van der Waals surface area contributed by atoms with Crippen molar-refractivity contribution in [3.8, 4) is 17.2 Å². The van der Waals surface area contributed by atoms with Gasteiger partial charge in [0.05, 0.1) is 27.7 Å². The molecule has 1 saturated heterocycles. The maximum atomic E-state index is 12.9. The van der Waals surface area contributed by atoms with Gasteiger partial charge in [-0.25, -0.2) is 15.0 Å². The van der Waals surface area contributed by atoms with Crippen LogP contribution in [0.1, 0.15) is 6.23 Å². The smallest absolute Gasteiger partial charge is 0.256 e. The van der Waals surface area contributed by atoms with E-state index in [4.69, 9.17) is 24.7 Å². The molecule has 4 rings (SSSR count). The number of hydrogen-bond acceptors (Lipinski definition) is 11. The molecule has 1 aliphatic rings. The third kappa shape index (κ3) is 3.51. The zero-order valence-electron chi connectivity index (χ0n) is 17.4. The van der Waals surface area contributed by atoms with Gasteiger partial charge in [-0.2, -0.15) is 0 Å². The molecule has 1 amide bonds. The Kier molecular flexibility index (Phi) is 5.69. The second-order valence-corrected chi connectivity index (χ2v) is 6.91. The van der Waals surface area contributed by atoms with E-state index in [0.717, 1.165) is 0 Å². The number of aliphatic hydroxyl groups is 2. The number of methoxy groups -OCH3 is 3. The molecule has 1 aromatic carbocycles. The van der Waals surface area contributed by atoms with Gasteiger partial charge in [-0.05, 0) is 0 Å². The fourth-order valence-electron chi connectivity index (χ4n) is 3.53. The van der Waals surface area contributed by atoms with E-state index in [2.05, 4.69) is 20.3 Å². The first-order valence-electron chi connectivity index (χ1n) is 9.45. The summed E-state index contributed by atoms with van der Waals surface area (Å²) in [6.45, 7) is 0. The number of fused-ring (bicyclic) bond motifs is 1. The van der Waals surface area contributed by atoms with E-state index in [-0.39, 0.29) is 5.82 Å². The maximum Gasteiger partial charge on any atom is 0.256 e. The predicted octanol–water partition coefficient (Wildman–Crippen LogP) is -0.308. The molecule has 2 aromatic heterocycles. The highest BCUT2D eigenvalue weighted by atomic mass is 16.6. The van der Waals surface area contributed by atoms with Crippen molar-refractivity contribution in [1.29, 1.82) is 0 Å². The molecular weight excluding hydrogens is 424 g/mol. The van der Waals surface area contributed by atoms with Crippen molar-refractivity contribution < 1.29 is 34.0 Å². The van der Waals surface area contributed by atoms with Crippen LogP contribution in [0, 0.1) is 0 Å². The van der Waals surface area contributed by atoms with Crippen LogP contribution in [-0.4, -0.2) is 75.3 Å². The molecule has 0 saturated carbocycles. The summed E-state index contributed by atoms with van der Waals surface area (Å²) in [4.78, 5) is 24.9. The number of carbonyl (C=O) groups excluding carboxylic acids is 1. The number of anilines is 2. The van der Waals surface area contributed by atoms with E-state index in [1.54, 1.807) is 0 Å². The number of imidazole rings is 1. The molecule has 0 bridgehead atoms. The molecule has 3 aromatic rings. The van der Waals surface area contributed by atoms with E-state index in [9.17, 15) is 15.0 Å². The Morgan fingerprint density at radius 2 is 1.78 bits per heavy atom. The highest BCUT2D eigenvalue weighted by Crippen LogP contribution is 2.40. The molecular formula is C19H22N6O7. The summed E-state index contributed by atoms with van der Waals surface area (Å²) >= 11 is 0. The first kappa shape index (κ1) is 21.5. The standard InChI is InChI=1S/C19H22N6O7/c1-29-9-4-8(5-10(30-2)14(9)31-3)24-18(28)15-12(26)13(27)19(32-15)25-7-23-11-16(20)21-6-22-17(11)25/h4-7,12-13,15,19,26-27H,1-3H3,(H,24,28)(H2,20,21,22)/t12-,13+,15-,19+/m0/s1. The number of aliphatic hydroxyl groups excluding tert-OH is 2. The van der Waals surface area contributed by atoms with Gasteiger partial charge in [-0.1, -0.05) is 0 Å². The molecule has 4 atom stereocenters. The molecule has 0 spiro atoms. The fraction of sp³-hybridized carbons (Fsp3) is 0.368. The number of nitrogen functional groups attached to an aromatic ring is 1. The van der Waals surface area contributed by atoms with Crippen molar-refractivity contribution >= 4 is 28.6 Å². The third-order valence-electron chi connectivity index (χ3n) is 5.09. The lowest BCUT2D eigenvalue weighted by Gasteiger charge is -2.17. The van der Waals surface area contributed by atoms with Crippen molar-refractivity contribution in [3.05, 3.63) is 24.8 Å². The predicted molar refractivity (Wildman–Crippen MR) is 110 cm³/mol. The van der Waals surface area contributed by atoms with Gasteiger partial charge >= 0.3 is 0 Å². The highest BCUT2D eigenvalue weighted by Gasteiger charge is 2.48. The van der Waals surface area contributed by atoms with Crippen LogP contribution in [0.3, 0.4) is 0 Å². The van der Waals surface area contributed by atoms with Gasteiger partial charge < -0.3 is 40.2 Å². The number of ether oxygens (including phenoxy) is 4. The van der Waals surface area contributed by atoms with Crippen LogP contribution in [0.4, 0.5) is 11.5 Å². The van der Waals surface area contributed by atoms with Gasteiger partial charge in [0, 0.05) is 17.8 Å². The highest BCUT2D eigenvalue weighted by molar-refractivity contribution is 5.95. The van der Waals surface area contributed by atoms with Crippen molar-refractivity contribution in [2.45, 2.75) is 24.5 Å². The SMILES string of the molecule is COc1cc(NC(=O)[C@H]2O[C@@H](n3cnc4c(N)ncnc43)[C@H](O)[C@@H]2O)cc(OC)c1OC. The summed E-state index contributed by atoms with van der Waals surface area (Å²) in [5, 5.41) is 23.7. The van der Waals surface area contributed by atoms with Gasteiger partial charge in [-0.15, -0.1) is 0 Å². The molecule has 3 heterocycles. The van der Waals surface area contributed by atoms with E-state index in [1.807, 2.05) is 0 Å². The van der Waals surface area contributed by atoms with E-state index in [1.165, 1.54) is 50.7 Å². The lowest BCUT2D eigenvalue weighted by Crippen LogP contribution is -2.39. The van der Waals surface area contributed by atoms with Crippen LogP contribution >= 0.6 is 0 Å². The number of nitrogens with zero attached hydrogens (tertiary/aromatic N) is 4. The largest absolute Gasteiger partial charge is 0.493 e. The summed E-state index contributed by atoms with van der Waals surface area (Å²) in [6.07, 6.45) is -2.87. The van der Waals surface area contributed by atoms with Crippen LogP contribution < -0.4 is 25.3 Å². The molecule has 1 fully saturated rings. The second kappa shape index (κ2) is 8.45. The number of aromatic nitrogens is 4. The molecule has 1 aliphatic heterocycles. The molecule has 170 valence electrons. The molecule has 32 heavy (non-hydrogen) atoms. The number of nitrogens with two attached hydrogens (primary N) is 1. The first-order valence-corrected chi connectivity index (χ1v) is 9.45. The molecule has 13 nitrogen and oxygen atoms in total. The summed E-state index contributed by atoms with van der Waals surface area (Å²) in [5.41, 5.74) is 6.70. The number of carbonyl (C=O) groups is 1. The minimum absolute atomic E-state index is 0.151. The Labute approximate surface area is 181 Å². The van der Waals surface area contributed by atoms with Crippen molar-refractivity contribution in [3.63, 3.8) is 0 Å². The summed E-state index contributed by atoms with van der Waals surface area (Å²) in [7, 11) is 4.35. The Morgan fingerprint density at radius 1 is 1.09 bits per heavy atom. The number of hydrogen-bond donors (Lipinski definition) is 4. The van der Waals surface area contributed by atoms with E-state index in [0.29, 0.717) is 34.1 Å². The number of amides is 1. The molecule has 5 N–H and O–H groups in total. The van der Waals surface area contributed by atoms with Gasteiger partial charge in [0.1, 0.15) is 24.1 Å². The number of nitrogens with one attached hydrogen (secondary N) is 1. The molecule has 13 heteroatoms. The Balaban J connectivity index is 1.58. The van der Waals surface area contributed by atoms with E-state index >= 15 is 0 Å². The summed E-state index contributed by atoms with van der Waals surface area (Å²) < 4.78 is 22.9. The topological polar surface area (TPSA) is 176 Å². The molecule has 0 aliphatic carbocycles. The van der Waals surface area contributed by atoms with Crippen LogP contribution in [-0.2, 0) is 9.53 Å². The Hall–Kier alpha value is -3.68. The Morgan fingerprint density at radius 3 is 2.41 bits per heavy atom. The maximum absolute atomic E-state index is 12.9. The fourth-order valence-corrected chi connectivity index (χ4v) is 3.53.